The minimum atomic E-state index is -0.246. The molecule has 1 aromatic heterocycles. The highest BCUT2D eigenvalue weighted by Crippen LogP contribution is 2.33. The molecule has 1 aliphatic heterocycles. The number of nitrogens with zero attached hydrogens (tertiary/aromatic N) is 2. The number of carbonyl (C=O) groups excluding carboxylic acids is 1. The molecule has 3 aromatic rings. The number of amides is 1. The molecule has 0 saturated heterocycles. The van der Waals surface area contributed by atoms with Crippen LogP contribution < -0.4 is 20.1 Å². The van der Waals surface area contributed by atoms with Crippen LogP contribution in [0.5, 0.6) is 11.5 Å². The van der Waals surface area contributed by atoms with Gasteiger partial charge in [0.1, 0.15) is 13.2 Å². The maximum atomic E-state index is 12.6. The standard InChI is InChI=1S/C22H22N4O3/c1-14(2)17-5-3-4-6-18(17)26-21(27)15-12-23-22(24-13-15)25-16-7-8-19-20(11-16)29-10-9-28-19/h3-8,11-14H,9-10H2,1-2H3,(H,26,27)(H,23,24,25). The van der Waals surface area contributed by atoms with Gasteiger partial charge in [-0.1, -0.05) is 32.0 Å². The number of fused-ring (bicyclic) bond motifs is 1. The summed E-state index contributed by atoms with van der Waals surface area (Å²) in [5.41, 5.74) is 3.04. The van der Waals surface area contributed by atoms with E-state index < -0.39 is 0 Å². The van der Waals surface area contributed by atoms with Crippen LogP contribution in [0.1, 0.15) is 35.7 Å². The SMILES string of the molecule is CC(C)c1ccccc1NC(=O)c1cnc(Nc2ccc3c(c2)OCCO3)nc1. The molecule has 4 rings (SSSR count). The van der Waals surface area contributed by atoms with Gasteiger partial charge in [0.15, 0.2) is 11.5 Å². The van der Waals surface area contributed by atoms with Crippen LogP contribution in [-0.2, 0) is 0 Å². The lowest BCUT2D eigenvalue weighted by Gasteiger charge is -2.19. The van der Waals surface area contributed by atoms with E-state index in [9.17, 15) is 4.79 Å². The second-order valence-corrected chi connectivity index (χ2v) is 6.97. The minimum absolute atomic E-state index is 0.246. The Bertz CT molecular complexity index is 1020. The van der Waals surface area contributed by atoms with Crippen molar-refractivity contribution in [2.24, 2.45) is 0 Å². The fraction of sp³-hybridized carbons (Fsp3) is 0.227. The van der Waals surface area contributed by atoms with E-state index in [1.165, 1.54) is 12.4 Å². The fourth-order valence-corrected chi connectivity index (χ4v) is 3.07. The lowest BCUT2D eigenvalue weighted by molar-refractivity contribution is 0.102. The molecular formula is C22H22N4O3. The van der Waals surface area contributed by atoms with Crippen LogP contribution in [0.25, 0.3) is 0 Å². The number of para-hydroxylation sites is 1. The molecule has 2 aromatic carbocycles. The van der Waals surface area contributed by atoms with Gasteiger partial charge in [-0.2, -0.15) is 0 Å². The number of aromatic nitrogens is 2. The predicted octanol–water partition coefficient (Wildman–Crippen LogP) is 4.37. The quantitative estimate of drug-likeness (QED) is 0.673. The molecule has 0 radical (unpaired) electrons. The summed E-state index contributed by atoms with van der Waals surface area (Å²) < 4.78 is 11.1. The zero-order valence-electron chi connectivity index (χ0n) is 16.3. The van der Waals surface area contributed by atoms with Crippen molar-refractivity contribution in [2.75, 3.05) is 23.8 Å². The highest BCUT2D eigenvalue weighted by Gasteiger charge is 2.14. The average Bonchev–Trinajstić information content (AvgIpc) is 2.74. The maximum Gasteiger partial charge on any atom is 0.258 e. The third-order valence-electron chi connectivity index (χ3n) is 4.54. The number of rotatable bonds is 5. The summed E-state index contributed by atoms with van der Waals surface area (Å²) in [6, 6.07) is 13.3. The Morgan fingerprint density at radius 3 is 2.48 bits per heavy atom. The first-order valence-corrected chi connectivity index (χ1v) is 9.49. The largest absolute Gasteiger partial charge is 0.486 e. The van der Waals surface area contributed by atoms with E-state index in [1.807, 2.05) is 42.5 Å². The van der Waals surface area contributed by atoms with E-state index in [2.05, 4.69) is 34.4 Å². The van der Waals surface area contributed by atoms with Crippen molar-refractivity contribution in [3.05, 3.63) is 66.0 Å². The van der Waals surface area contributed by atoms with Gasteiger partial charge in [0.2, 0.25) is 5.95 Å². The summed E-state index contributed by atoms with van der Waals surface area (Å²) in [4.78, 5) is 21.1. The van der Waals surface area contributed by atoms with Crippen molar-refractivity contribution in [1.29, 1.82) is 0 Å². The van der Waals surface area contributed by atoms with Crippen LogP contribution in [0.3, 0.4) is 0 Å². The number of carbonyl (C=O) groups is 1. The average molecular weight is 390 g/mol. The molecule has 2 heterocycles. The van der Waals surface area contributed by atoms with E-state index in [0.29, 0.717) is 36.4 Å². The summed E-state index contributed by atoms with van der Waals surface area (Å²) in [5.74, 6) is 1.85. The second-order valence-electron chi connectivity index (χ2n) is 6.97. The highest BCUT2D eigenvalue weighted by atomic mass is 16.6. The van der Waals surface area contributed by atoms with Gasteiger partial charge in [-0.3, -0.25) is 4.79 Å². The fourth-order valence-electron chi connectivity index (χ4n) is 3.07. The molecule has 1 amide bonds. The molecule has 0 spiro atoms. The van der Waals surface area contributed by atoms with Crippen molar-refractivity contribution in [3.8, 4) is 11.5 Å². The lowest BCUT2D eigenvalue weighted by Crippen LogP contribution is -2.15. The van der Waals surface area contributed by atoms with Gasteiger partial charge < -0.3 is 20.1 Å². The van der Waals surface area contributed by atoms with Gasteiger partial charge in [0.05, 0.1) is 5.56 Å². The molecule has 7 nitrogen and oxygen atoms in total. The van der Waals surface area contributed by atoms with Crippen LogP contribution in [0.4, 0.5) is 17.3 Å². The van der Waals surface area contributed by atoms with Gasteiger partial charge in [0.25, 0.3) is 5.91 Å². The molecule has 0 atom stereocenters. The highest BCUT2D eigenvalue weighted by molar-refractivity contribution is 6.04. The summed E-state index contributed by atoms with van der Waals surface area (Å²) >= 11 is 0. The minimum Gasteiger partial charge on any atom is -0.486 e. The molecular weight excluding hydrogens is 368 g/mol. The third-order valence-corrected chi connectivity index (χ3v) is 4.54. The van der Waals surface area contributed by atoms with Crippen LogP contribution >= 0.6 is 0 Å². The van der Waals surface area contributed by atoms with Crippen molar-refractivity contribution < 1.29 is 14.3 Å². The van der Waals surface area contributed by atoms with Gasteiger partial charge in [-0.05, 0) is 29.7 Å². The van der Waals surface area contributed by atoms with Crippen LogP contribution in [-0.4, -0.2) is 29.1 Å². The zero-order valence-corrected chi connectivity index (χ0v) is 16.3. The van der Waals surface area contributed by atoms with E-state index in [0.717, 1.165) is 22.7 Å². The van der Waals surface area contributed by atoms with Gasteiger partial charge in [-0.15, -0.1) is 0 Å². The Labute approximate surface area is 169 Å². The van der Waals surface area contributed by atoms with E-state index >= 15 is 0 Å². The van der Waals surface area contributed by atoms with Crippen LogP contribution in [0.2, 0.25) is 0 Å². The van der Waals surface area contributed by atoms with Crippen molar-refractivity contribution in [1.82, 2.24) is 9.97 Å². The summed E-state index contributed by atoms with van der Waals surface area (Å²) in [6.07, 6.45) is 3.00. The monoisotopic (exact) mass is 390 g/mol. The first-order valence-electron chi connectivity index (χ1n) is 9.49. The molecule has 148 valence electrons. The van der Waals surface area contributed by atoms with Crippen molar-refractivity contribution in [3.63, 3.8) is 0 Å². The second kappa shape index (κ2) is 8.18. The van der Waals surface area contributed by atoms with Crippen molar-refractivity contribution in [2.45, 2.75) is 19.8 Å². The van der Waals surface area contributed by atoms with Crippen LogP contribution in [0.15, 0.2) is 54.9 Å². The van der Waals surface area contributed by atoms with Gasteiger partial charge >= 0.3 is 0 Å². The Morgan fingerprint density at radius 2 is 1.72 bits per heavy atom. The number of nitrogens with one attached hydrogen (secondary N) is 2. The van der Waals surface area contributed by atoms with E-state index in [-0.39, 0.29) is 5.91 Å². The summed E-state index contributed by atoms with van der Waals surface area (Å²) in [7, 11) is 0. The van der Waals surface area contributed by atoms with Crippen LogP contribution in [0, 0.1) is 0 Å². The smallest absolute Gasteiger partial charge is 0.258 e. The van der Waals surface area contributed by atoms with E-state index in [4.69, 9.17) is 9.47 Å². The third kappa shape index (κ3) is 4.29. The molecule has 0 saturated carbocycles. The predicted molar refractivity (Wildman–Crippen MR) is 111 cm³/mol. The molecule has 1 aliphatic rings. The number of benzene rings is 2. The van der Waals surface area contributed by atoms with Gasteiger partial charge in [0, 0.05) is 29.8 Å². The van der Waals surface area contributed by atoms with Gasteiger partial charge in [-0.25, -0.2) is 9.97 Å². The number of hydrogen-bond donors (Lipinski definition) is 2. The number of hydrogen-bond acceptors (Lipinski definition) is 6. The normalized spacial score (nSPS) is 12.5. The summed E-state index contributed by atoms with van der Waals surface area (Å²) in [6.45, 7) is 5.25. The Hall–Kier alpha value is -3.61. The Kier molecular flexibility index (Phi) is 5.29. The Morgan fingerprint density at radius 1 is 1.00 bits per heavy atom. The molecule has 0 bridgehead atoms. The molecule has 0 unspecified atom stereocenters. The van der Waals surface area contributed by atoms with E-state index in [1.54, 1.807) is 0 Å². The molecule has 0 aliphatic carbocycles. The first kappa shape index (κ1) is 18.7. The summed E-state index contributed by atoms with van der Waals surface area (Å²) in [5, 5.41) is 6.05. The van der Waals surface area contributed by atoms with Crippen molar-refractivity contribution >= 4 is 23.2 Å². The molecule has 0 fully saturated rings. The molecule has 29 heavy (non-hydrogen) atoms. The Balaban J connectivity index is 1.45. The zero-order chi connectivity index (χ0) is 20.2. The molecule has 2 N–H and O–H groups in total. The number of anilines is 3. The lowest BCUT2D eigenvalue weighted by atomic mass is 10.0. The first-order chi connectivity index (χ1) is 14.1. The topological polar surface area (TPSA) is 85.4 Å². The number of ether oxygens (including phenoxy) is 2. The maximum absolute atomic E-state index is 12.6. The molecule has 7 heteroatoms.